The van der Waals surface area contributed by atoms with Crippen LogP contribution >= 0.6 is 11.8 Å². The summed E-state index contributed by atoms with van der Waals surface area (Å²) in [5.41, 5.74) is 2.34. The molecule has 0 amide bonds. The smallest absolute Gasteiger partial charge is 0.214 e. The van der Waals surface area contributed by atoms with Gasteiger partial charge in [-0.15, -0.1) is 5.10 Å². The Hall–Kier alpha value is -2.41. The van der Waals surface area contributed by atoms with Crippen molar-refractivity contribution < 1.29 is 4.42 Å². The van der Waals surface area contributed by atoms with Gasteiger partial charge < -0.3 is 4.42 Å². The van der Waals surface area contributed by atoms with Gasteiger partial charge in [0.25, 0.3) is 0 Å². The predicted octanol–water partition coefficient (Wildman–Crippen LogP) is 4.77. The molecule has 0 spiro atoms. The average Bonchev–Trinajstić information content (AvgIpc) is 3.40. The first-order chi connectivity index (χ1) is 12.9. The summed E-state index contributed by atoms with van der Waals surface area (Å²) >= 11 is 1.41. The maximum atomic E-state index is 5.97. The van der Waals surface area contributed by atoms with Crippen LogP contribution in [0.25, 0.3) is 22.1 Å². The van der Waals surface area contributed by atoms with Gasteiger partial charge in [-0.25, -0.2) is 15.0 Å². The van der Waals surface area contributed by atoms with Crippen molar-refractivity contribution in [2.24, 2.45) is 5.92 Å². The zero-order valence-corrected chi connectivity index (χ0v) is 15.1. The van der Waals surface area contributed by atoms with E-state index >= 15 is 0 Å². The molecule has 0 atom stereocenters. The summed E-state index contributed by atoms with van der Waals surface area (Å²) < 4.78 is 5.97. The maximum Gasteiger partial charge on any atom is 0.214 e. The second-order valence-corrected chi connectivity index (χ2v) is 7.77. The summed E-state index contributed by atoms with van der Waals surface area (Å²) in [7, 11) is 0. The second kappa shape index (κ2) is 6.72. The van der Waals surface area contributed by atoms with Gasteiger partial charge in [0.05, 0.1) is 0 Å². The number of benzene rings is 1. The Morgan fingerprint density at radius 1 is 1.15 bits per heavy atom. The van der Waals surface area contributed by atoms with E-state index in [1.54, 1.807) is 6.33 Å². The third kappa shape index (κ3) is 2.96. The van der Waals surface area contributed by atoms with Crippen LogP contribution in [0.1, 0.15) is 37.9 Å². The fraction of sp³-hybridized carbons (Fsp3) is 0.368. The number of hydrogen-bond acceptors (Lipinski definition) is 6. The van der Waals surface area contributed by atoms with Crippen molar-refractivity contribution in [3.8, 4) is 0 Å². The van der Waals surface area contributed by atoms with Crippen LogP contribution in [-0.4, -0.2) is 25.1 Å². The van der Waals surface area contributed by atoms with Gasteiger partial charge in [0.2, 0.25) is 5.16 Å². The van der Waals surface area contributed by atoms with Crippen molar-refractivity contribution in [2.45, 2.75) is 48.7 Å². The first kappa shape index (κ1) is 15.8. The number of aryl methyl sites for hydroxylation is 1. The summed E-state index contributed by atoms with van der Waals surface area (Å²) in [6.07, 6.45) is 9.21. The summed E-state index contributed by atoms with van der Waals surface area (Å²) in [5, 5.41) is 9.83. The molecule has 132 valence electrons. The monoisotopic (exact) mass is 365 g/mol. The van der Waals surface area contributed by atoms with Gasteiger partial charge in [0.1, 0.15) is 23.3 Å². The molecule has 4 aromatic rings. The number of aromatic nitrogens is 5. The fourth-order valence-electron chi connectivity index (χ4n) is 3.74. The van der Waals surface area contributed by atoms with E-state index in [-0.39, 0.29) is 0 Å². The van der Waals surface area contributed by atoms with Gasteiger partial charge >= 0.3 is 0 Å². The molecule has 6 nitrogen and oxygen atoms in total. The molecule has 5 rings (SSSR count). The molecule has 0 aliphatic heterocycles. The Labute approximate surface area is 154 Å². The number of furan rings is 1. The maximum absolute atomic E-state index is 5.97. The molecule has 0 unspecified atom stereocenters. The minimum Gasteiger partial charge on any atom is -0.451 e. The fourth-order valence-corrected chi connectivity index (χ4v) is 4.49. The lowest BCUT2D eigenvalue weighted by Gasteiger charge is -2.05. The van der Waals surface area contributed by atoms with E-state index < -0.39 is 0 Å². The van der Waals surface area contributed by atoms with Gasteiger partial charge in [0, 0.05) is 11.8 Å². The molecule has 0 saturated heterocycles. The lowest BCUT2D eigenvalue weighted by Crippen LogP contribution is -1.97. The first-order valence-electron chi connectivity index (χ1n) is 9.08. The normalized spacial score (nSPS) is 15.4. The SMILES string of the molecule is c1ccc2c(c1)oc1c(Sc3n[nH]c(CCC4CCCC4)n3)ncnc12. The molecule has 1 aliphatic rings. The number of fused-ring (bicyclic) bond motifs is 3. The molecule has 1 aliphatic carbocycles. The Kier molecular flexibility index (Phi) is 4.09. The molecule has 3 aromatic heterocycles. The molecular formula is C19H19N5OS. The van der Waals surface area contributed by atoms with E-state index in [4.69, 9.17) is 4.42 Å². The number of H-pyrrole nitrogens is 1. The summed E-state index contributed by atoms with van der Waals surface area (Å²) in [6.45, 7) is 0. The molecule has 1 fully saturated rings. The van der Waals surface area contributed by atoms with Crippen LogP contribution in [0.4, 0.5) is 0 Å². The molecule has 0 bridgehead atoms. The Balaban J connectivity index is 1.37. The minimum absolute atomic E-state index is 0.673. The third-order valence-corrected chi connectivity index (χ3v) is 5.94. The van der Waals surface area contributed by atoms with E-state index in [2.05, 4.69) is 25.1 Å². The minimum atomic E-state index is 0.673. The van der Waals surface area contributed by atoms with Crippen molar-refractivity contribution >= 4 is 33.8 Å². The predicted molar refractivity (Wildman–Crippen MR) is 100 cm³/mol. The lowest BCUT2D eigenvalue weighted by atomic mass is 10.0. The molecule has 1 N–H and O–H groups in total. The van der Waals surface area contributed by atoms with E-state index in [0.29, 0.717) is 10.7 Å². The van der Waals surface area contributed by atoms with Gasteiger partial charge in [-0.2, -0.15) is 0 Å². The number of nitrogens with zero attached hydrogens (tertiary/aromatic N) is 4. The summed E-state index contributed by atoms with van der Waals surface area (Å²) in [4.78, 5) is 13.4. The van der Waals surface area contributed by atoms with Gasteiger partial charge in [-0.1, -0.05) is 37.8 Å². The Morgan fingerprint density at radius 3 is 2.96 bits per heavy atom. The highest BCUT2D eigenvalue weighted by atomic mass is 32.2. The number of para-hydroxylation sites is 1. The van der Waals surface area contributed by atoms with E-state index in [1.165, 1.54) is 43.9 Å². The average molecular weight is 365 g/mol. The Morgan fingerprint density at radius 2 is 2.04 bits per heavy atom. The highest BCUT2D eigenvalue weighted by Crippen LogP contribution is 2.34. The van der Waals surface area contributed by atoms with Crippen LogP contribution in [0.2, 0.25) is 0 Å². The highest BCUT2D eigenvalue weighted by molar-refractivity contribution is 7.99. The van der Waals surface area contributed by atoms with Crippen LogP contribution in [0, 0.1) is 5.92 Å². The molecular weight excluding hydrogens is 346 g/mol. The quantitative estimate of drug-likeness (QED) is 0.513. The third-order valence-electron chi connectivity index (χ3n) is 5.09. The van der Waals surface area contributed by atoms with Crippen molar-refractivity contribution in [3.63, 3.8) is 0 Å². The zero-order chi connectivity index (χ0) is 17.3. The summed E-state index contributed by atoms with van der Waals surface area (Å²) in [5.74, 6) is 1.81. The van der Waals surface area contributed by atoms with E-state index in [9.17, 15) is 0 Å². The molecule has 26 heavy (non-hydrogen) atoms. The van der Waals surface area contributed by atoms with Gasteiger partial charge in [-0.05, 0) is 36.2 Å². The number of rotatable bonds is 5. The van der Waals surface area contributed by atoms with E-state index in [1.807, 2.05) is 24.3 Å². The second-order valence-electron chi connectivity index (χ2n) is 6.81. The van der Waals surface area contributed by atoms with Crippen LogP contribution < -0.4 is 0 Å². The Bertz CT molecular complexity index is 1050. The van der Waals surface area contributed by atoms with Crippen molar-refractivity contribution in [3.05, 3.63) is 36.4 Å². The largest absolute Gasteiger partial charge is 0.451 e. The van der Waals surface area contributed by atoms with Crippen molar-refractivity contribution in [1.82, 2.24) is 25.1 Å². The van der Waals surface area contributed by atoms with Crippen LogP contribution in [0.15, 0.2) is 45.2 Å². The molecule has 7 heteroatoms. The van der Waals surface area contributed by atoms with Crippen LogP contribution in [-0.2, 0) is 6.42 Å². The summed E-state index contributed by atoms with van der Waals surface area (Å²) in [6, 6.07) is 7.89. The first-order valence-corrected chi connectivity index (χ1v) is 9.90. The van der Waals surface area contributed by atoms with Crippen LogP contribution in [0.3, 0.4) is 0 Å². The number of hydrogen-bond donors (Lipinski definition) is 1. The van der Waals surface area contributed by atoms with Gasteiger partial charge in [-0.3, -0.25) is 5.10 Å². The molecule has 3 heterocycles. The van der Waals surface area contributed by atoms with Gasteiger partial charge in [0.15, 0.2) is 10.6 Å². The standard InChI is InChI=1S/C19H19N5OS/c1-2-6-12(5-1)9-10-15-22-19(24-23-15)26-18-17-16(20-11-21-18)13-7-3-4-8-14(13)25-17/h3-4,7-8,11-12H,1-2,5-6,9-10H2,(H,22,23,24). The molecule has 0 radical (unpaired) electrons. The molecule has 1 aromatic carbocycles. The number of aromatic amines is 1. The van der Waals surface area contributed by atoms with Crippen LogP contribution in [0.5, 0.6) is 0 Å². The zero-order valence-electron chi connectivity index (χ0n) is 14.3. The van der Waals surface area contributed by atoms with Crippen molar-refractivity contribution in [2.75, 3.05) is 0 Å². The highest BCUT2D eigenvalue weighted by Gasteiger charge is 2.17. The lowest BCUT2D eigenvalue weighted by molar-refractivity contribution is 0.497. The number of nitrogens with one attached hydrogen (secondary N) is 1. The van der Waals surface area contributed by atoms with E-state index in [0.717, 1.165) is 39.7 Å². The van der Waals surface area contributed by atoms with Crippen molar-refractivity contribution in [1.29, 1.82) is 0 Å². The topological polar surface area (TPSA) is 80.5 Å². The molecule has 1 saturated carbocycles.